The Morgan fingerprint density at radius 3 is 2.60 bits per heavy atom. The fourth-order valence-electron chi connectivity index (χ4n) is 2.03. The van der Waals surface area contributed by atoms with Crippen molar-refractivity contribution in [2.24, 2.45) is 0 Å². The Bertz CT molecular complexity index is 450. The van der Waals surface area contributed by atoms with Crippen molar-refractivity contribution in [2.75, 3.05) is 5.73 Å². The smallest absolute Gasteiger partial charge is 0.183 e. The topological polar surface area (TPSA) is 73.0 Å². The van der Waals surface area contributed by atoms with E-state index in [-0.39, 0.29) is 15.8 Å². The largest absolute Gasteiger partial charge is 0.396 e. The second kappa shape index (κ2) is 3.81. The zero-order valence-electron chi connectivity index (χ0n) is 8.39. The molecule has 1 aromatic heterocycles. The van der Waals surface area contributed by atoms with Crippen molar-refractivity contribution in [1.82, 2.24) is 4.98 Å². The molecule has 1 saturated carbocycles. The summed E-state index contributed by atoms with van der Waals surface area (Å²) in [6.45, 7) is 0. The molecule has 1 fully saturated rings. The first-order valence-electron chi connectivity index (χ1n) is 5.06. The van der Waals surface area contributed by atoms with Crippen LogP contribution in [0.25, 0.3) is 0 Å². The molecule has 1 aliphatic rings. The Kier molecular flexibility index (Phi) is 2.65. The number of anilines is 1. The Morgan fingerprint density at radius 1 is 1.33 bits per heavy atom. The van der Waals surface area contributed by atoms with Crippen molar-refractivity contribution >= 4 is 15.5 Å². The van der Waals surface area contributed by atoms with Crippen LogP contribution in [0.2, 0.25) is 0 Å². The highest BCUT2D eigenvalue weighted by molar-refractivity contribution is 7.92. The minimum atomic E-state index is -3.23. The molecule has 82 valence electrons. The molecule has 1 aliphatic carbocycles. The van der Waals surface area contributed by atoms with E-state index < -0.39 is 9.84 Å². The van der Waals surface area contributed by atoms with Gasteiger partial charge in [0.2, 0.25) is 0 Å². The third kappa shape index (κ3) is 1.84. The minimum Gasteiger partial charge on any atom is -0.396 e. The maximum atomic E-state index is 12.1. The van der Waals surface area contributed by atoms with Gasteiger partial charge in [-0.15, -0.1) is 0 Å². The van der Waals surface area contributed by atoms with Crippen LogP contribution in [0.3, 0.4) is 0 Å². The molecule has 5 heteroatoms. The van der Waals surface area contributed by atoms with Crippen molar-refractivity contribution in [3.8, 4) is 0 Å². The lowest BCUT2D eigenvalue weighted by Gasteiger charge is -2.12. The molecule has 0 amide bonds. The Labute approximate surface area is 89.4 Å². The molecule has 1 aromatic rings. The summed E-state index contributed by atoms with van der Waals surface area (Å²) in [6.07, 6.45) is 6.36. The average Bonchev–Trinajstić information content (AvgIpc) is 2.71. The fraction of sp³-hybridized carbons (Fsp3) is 0.500. The highest BCUT2D eigenvalue weighted by Crippen LogP contribution is 2.31. The van der Waals surface area contributed by atoms with E-state index >= 15 is 0 Å². The molecule has 0 spiro atoms. The van der Waals surface area contributed by atoms with Crippen molar-refractivity contribution in [3.63, 3.8) is 0 Å². The molecule has 0 atom stereocenters. The number of sulfone groups is 1. The fourth-order valence-corrected chi connectivity index (χ4v) is 3.98. The van der Waals surface area contributed by atoms with Crippen LogP contribution in [0.1, 0.15) is 25.7 Å². The number of rotatable bonds is 2. The zero-order chi connectivity index (χ0) is 10.9. The van der Waals surface area contributed by atoms with E-state index in [9.17, 15) is 8.42 Å². The summed E-state index contributed by atoms with van der Waals surface area (Å²) >= 11 is 0. The van der Waals surface area contributed by atoms with E-state index in [1.54, 1.807) is 0 Å². The van der Waals surface area contributed by atoms with Gasteiger partial charge in [-0.1, -0.05) is 12.8 Å². The molecule has 2 rings (SSSR count). The third-order valence-corrected chi connectivity index (χ3v) is 5.19. The molecule has 0 saturated heterocycles. The van der Waals surface area contributed by atoms with E-state index in [2.05, 4.69) is 4.98 Å². The Balaban J connectivity index is 2.41. The van der Waals surface area contributed by atoms with E-state index in [0.717, 1.165) is 25.7 Å². The maximum Gasteiger partial charge on any atom is 0.183 e. The summed E-state index contributed by atoms with van der Waals surface area (Å²) in [6, 6.07) is 1.49. The first-order chi connectivity index (χ1) is 7.12. The van der Waals surface area contributed by atoms with E-state index in [1.165, 1.54) is 18.5 Å². The van der Waals surface area contributed by atoms with Crippen LogP contribution >= 0.6 is 0 Å². The van der Waals surface area contributed by atoms with E-state index in [0.29, 0.717) is 0 Å². The second-order valence-electron chi connectivity index (χ2n) is 3.86. The zero-order valence-corrected chi connectivity index (χ0v) is 9.20. The van der Waals surface area contributed by atoms with Gasteiger partial charge in [0.25, 0.3) is 0 Å². The lowest BCUT2D eigenvalue weighted by molar-refractivity contribution is 0.580. The molecule has 0 bridgehead atoms. The normalized spacial score (nSPS) is 18.1. The SMILES string of the molecule is Nc1cnccc1S(=O)(=O)C1CCCC1. The molecular formula is C10H14N2O2S. The van der Waals surface area contributed by atoms with Crippen LogP contribution in [0, 0.1) is 0 Å². The van der Waals surface area contributed by atoms with Gasteiger partial charge in [0, 0.05) is 6.20 Å². The van der Waals surface area contributed by atoms with Gasteiger partial charge in [-0.25, -0.2) is 8.42 Å². The summed E-state index contributed by atoms with van der Waals surface area (Å²) < 4.78 is 24.3. The van der Waals surface area contributed by atoms with Gasteiger partial charge < -0.3 is 5.73 Å². The lowest BCUT2D eigenvalue weighted by Crippen LogP contribution is -2.19. The van der Waals surface area contributed by atoms with Gasteiger partial charge >= 0.3 is 0 Å². The molecule has 0 radical (unpaired) electrons. The monoisotopic (exact) mass is 226 g/mol. The van der Waals surface area contributed by atoms with Crippen LogP contribution in [0.5, 0.6) is 0 Å². The number of hydrogen-bond acceptors (Lipinski definition) is 4. The van der Waals surface area contributed by atoms with Gasteiger partial charge in [-0.2, -0.15) is 0 Å². The first-order valence-corrected chi connectivity index (χ1v) is 6.60. The van der Waals surface area contributed by atoms with Crippen LogP contribution in [-0.2, 0) is 9.84 Å². The second-order valence-corrected chi connectivity index (χ2v) is 6.06. The van der Waals surface area contributed by atoms with Gasteiger partial charge in [0.15, 0.2) is 9.84 Å². The number of nitrogen functional groups attached to an aromatic ring is 1. The number of nitrogens with zero attached hydrogens (tertiary/aromatic N) is 1. The van der Waals surface area contributed by atoms with Gasteiger partial charge in [-0.05, 0) is 18.9 Å². The predicted molar refractivity (Wildman–Crippen MR) is 58.1 cm³/mol. The van der Waals surface area contributed by atoms with Crippen LogP contribution < -0.4 is 5.73 Å². The highest BCUT2D eigenvalue weighted by Gasteiger charge is 2.31. The molecule has 0 unspecified atom stereocenters. The minimum absolute atomic E-state index is 0.240. The quantitative estimate of drug-likeness (QED) is 0.826. The van der Waals surface area contributed by atoms with E-state index in [1.807, 2.05) is 0 Å². The third-order valence-electron chi connectivity index (χ3n) is 2.86. The van der Waals surface area contributed by atoms with Gasteiger partial charge in [0.05, 0.1) is 22.0 Å². The average molecular weight is 226 g/mol. The van der Waals surface area contributed by atoms with Gasteiger partial charge in [-0.3, -0.25) is 4.98 Å². The lowest BCUT2D eigenvalue weighted by atomic mass is 10.4. The predicted octanol–water partition coefficient (Wildman–Crippen LogP) is 1.38. The van der Waals surface area contributed by atoms with Crippen molar-refractivity contribution in [1.29, 1.82) is 0 Å². The first kappa shape index (κ1) is 10.4. The standard InChI is InChI=1S/C10H14N2O2S/c11-9-7-12-6-5-10(9)15(13,14)8-3-1-2-4-8/h5-8H,1-4,11H2. The number of pyridine rings is 1. The highest BCUT2D eigenvalue weighted by atomic mass is 32.2. The van der Waals surface area contributed by atoms with Crippen molar-refractivity contribution in [2.45, 2.75) is 35.8 Å². The summed E-state index contributed by atoms with van der Waals surface area (Å²) in [7, 11) is -3.23. The summed E-state index contributed by atoms with van der Waals surface area (Å²) in [5.41, 5.74) is 5.89. The Morgan fingerprint density at radius 2 is 2.00 bits per heavy atom. The Hall–Kier alpha value is -1.10. The number of hydrogen-bond donors (Lipinski definition) is 1. The van der Waals surface area contributed by atoms with Crippen molar-refractivity contribution < 1.29 is 8.42 Å². The molecule has 1 heterocycles. The summed E-state index contributed by atoms with van der Waals surface area (Å²) in [4.78, 5) is 4.04. The molecule has 15 heavy (non-hydrogen) atoms. The van der Waals surface area contributed by atoms with Crippen LogP contribution in [0.4, 0.5) is 5.69 Å². The van der Waals surface area contributed by atoms with Crippen LogP contribution in [0.15, 0.2) is 23.4 Å². The summed E-state index contributed by atoms with van der Waals surface area (Å²) in [5, 5.41) is -0.248. The molecule has 0 aliphatic heterocycles. The number of aromatic nitrogens is 1. The van der Waals surface area contributed by atoms with Crippen molar-refractivity contribution in [3.05, 3.63) is 18.5 Å². The van der Waals surface area contributed by atoms with E-state index in [4.69, 9.17) is 5.73 Å². The molecular weight excluding hydrogens is 212 g/mol. The maximum absolute atomic E-state index is 12.1. The molecule has 2 N–H and O–H groups in total. The summed E-state index contributed by atoms with van der Waals surface area (Å²) in [5.74, 6) is 0. The molecule has 0 aromatic carbocycles. The number of nitrogens with two attached hydrogens (primary N) is 1. The molecule has 4 nitrogen and oxygen atoms in total. The van der Waals surface area contributed by atoms with Gasteiger partial charge in [0.1, 0.15) is 0 Å². The van der Waals surface area contributed by atoms with Crippen LogP contribution in [-0.4, -0.2) is 18.7 Å².